The first-order chi connectivity index (χ1) is 10.3. The molecule has 0 N–H and O–H groups in total. The molecule has 0 unspecified atom stereocenters. The van der Waals surface area contributed by atoms with Crippen LogP contribution in [0, 0.1) is 6.92 Å². The zero-order chi connectivity index (χ0) is 15.2. The van der Waals surface area contributed by atoms with Crippen LogP contribution in [-0.2, 0) is 6.54 Å². The lowest BCUT2D eigenvalue weighted by Crippen LogP contribution is -2.32. The Morgan fingerprint density at radius 2 is 1.29 bits per heavy atom. The smallest absolute Gasteiger partial charge is 0.171 e. The predicted octanol–water partition coefficient (Wildman–Crippen LogP) is 5.98. The molecule has 0 aliphatic heterocycles. The van der Waals surface area contributed by atoms with Crippen molar-refractivity contribution in [1.29, 1.82) is 0 Å². The average molecular weight is 291 g/mol. The summed E-state index contributed by atoms with van der Waals surface area (Å²) in [7, 11) is 0. The predicted molar refractivity (Wildman–Crippen MR) is 92.5 cm³/mol. The van der Waals surface area contributed by atoms with E-state index in [4.69, 9.17) is 0 Å². The lowest BCUT2D eigenvalue weighted by atomic mass is 10.1. The summed E-state index contributed by atoms with van der Waals surface area (Å²) in [4.78, 5) is 0. The Hall–Kier alpha value is -0.850. The molecule has 0 bridgehead atoms. The quantitative estimate of drug-likeness (QED) is 0.310. The van der Waals surface area contributed by atoms with Crippen LogP contribution < -0.4 is 4.57 Å². The maximum atomic E-state index is 2.33. The fourth-order valence-electron chi connectivity index (χ4n) is 2.93. The van der Waals surface area contributed by atoms with Crippen molar-refractivity contribution in [1.82, 2.24) is 0 Å². The van der Waals surface area contributed by atoms with Gasteiger partial charge in [-0.1, -0.05) is 71.1 Å². The van der Waals surface area contributed by atoms with Crippen molar-refractivity contribution in [3.8, 4) is 0 Å². The molecule has 0 aliphatic rings. The highest BCUT2D eigenvalue weighted by molar-refractivity contribution is 5.01. The van der Waals surface area contributed by atoms with Crippen molar-refractivity contribution in [2.45, 2.75) is 97.4 Å². The SMILES string of the molecule is CCCCCCCCCCCCCC[n+]1cccc(C)c1. The standard InChI is InChI=1S/C20H36N/c1-3-4-5-6-7-8-9-10-11-12-13-14-17-21-18-15-16-20(2)19-21/h15-16,18-19H,3-14,17H2,1-2H3/q+1. The third kappa shape index (κ3) is 10.5. The van der Waals surface area contributed by atoms with Crippen LogP contribution in [0.5, 0.6) is 0 Å². The van der Waals surface area contributed by atoms with Crippen molar-refractivity contribution < 1.29 is 4.57 Å². The van der Waals surface area contributed by atoms with Gasteiger partial charge >= 0.3 is 0 Å². The summed E-state index contributed by atoms with van der Waals surface area (Å²) < 4.78 is 2.33. The molecule has 0 saturated carbocycles. The largest absolute Gasteiger partial charge is 0.205 e. The van der Waals surface area contributed by atoms with Crippen LogP contribution in [0.2, 0.25) is 0 Å². The molecule has 1 heteroatoms. The Kier molecular flexibility index (Phi) is 11.1. The number of unbranched alkanes of at least 4 members (excludes halogenated alkanes) is 11. The zero-order valence-electron chi connectivity index (χ0n) is 14.4. The minimum Gasteiger partial charge on any atom is -0.205 e. The molecule has 0 aliphatic carbocycles. The van der Waals surface area contributed by atoms with E-state index >= 15 is 0 Å². The number of pyridine rings is 1. The average Bonchev–Trinajstić information content (AvgIpc) is 2.48. The van der Waals surface area contributed by atoms with Gasteiger partial charge in [0.05, 0.1) is 0 Å². The summed E-state index contributed by atoms with van der Waals surface area (Å²) in [6, 6.07) is 4.31. The Morgan fingerprint density at radius 1 is 0.762 bits per heavy atom. The number of aryl methyl sites for hydroxylation is 2. The van der Waals surface area contributed by atoms with E-state index in [1.165, 1.54) is 89.2 Å². The van der Waals surface area contributed by atoms with Gasteiger partial charge in [0.25, 0.3) is 0 Å². The van der Waals surface area contributed by atoms with E-state index in [0.29, 0.717) is 0 Å². The summed E-state index contributed by atoms with van der Waals surface area (Å²) >= 11 is 0. The van der Waals surface area contributed by atoms with Gasteiger partial charge in [-0.3, -0.25) is 0 Å². The van der Waals surface area contributed by atoms with Crippen LogP contribution in [0.3, 0.4) is 0 Å². The topological polar surface area (TPSA) is 3.88 Å². The van der Waals surface area contributed by atoms with E-state index in [1.54, 1.807) is 0 Å². The minimum absolute atomic E-state index is 1.18. The van der Waals surface area contributed by atoms with Crippen molar-refractivity contribution in [2.24, 2.45) is 0 Å². The molecular weight excluding hydrogens is 254 g/mol. The molecule has 0 fully saturated rings. The van der Waals surface area contributed by atoms with Crippen molar-refractivity contribution in [3.05, 3.63) is 30.1 Å². The normalized spacial score (nSPS) is 11.0. The van der Waals surface area contributed by atoms with Crippen molar-refractivity contribution in [3.63, 3.8) is 0 Å². The van der Waals surface area contributed by atoms with Crippen LogP contribution in [-0.4, -0.2) is 0 Å². The fourth-order valence-corrected chi connectivity index (χ4v) is 2.93. The number of hydrogen-bond donors (Lipinski definition) is 0. The van der Waals surface area contributed by atoms with Gasteiger partial charge in [-0.25, -0.2) is 4.57 Å². The monoisotopic (exact) mass is 290 g/mol. The molecule has 0 aromatic carbocycles. The highest BCUT2D eigenvalue weighted by atomic mass is 14.9. The third-order valence-corrected chi connectivity index (χ3v) is 4.28. The molecule has 0 amide bonds. The second-order valence-electron chi connectivity index (χ2n) is 6.51. The molecule has 1 rings (SSSR count). The molecular formula is C20H36N+. The molecule has 1 nitrogen and oxygen atoms in total. The van der Waals surface area contributed by atoms with Crippen LogP contribution >= 0.6 is 0 Å². The molecule has 0 saturated heterocycles. The highest BCUT2D eigenvalue weighted by Crippen LogP contribution is 2.11. The lowest BCUT2D eigenvalue weighted by molar-refractivity contribution is -0.697. The molecule has 0 atom stereocenters. The zero-order valence-corrected chi connectivity index (χ0v) is 14.4. The summed E-state index contributed by atoms with van der Waals surface area (Å²) in [6.45, 7) is 5.63. The van der Waals surface area contributed by atoms with E-state index in [0.717, 1.165) is 0 Å². The summed E-state index contributed by atoms with van der Waals surface area (Å²) in [5.74, 6) is 0. The molecule has 1 aromatic rings. The fraction of sp³-hybridized carbons (Fsp3) is 0.750. The number of hydrogen-bond acceptors (Lipinski definition) is 0. The van der Waals surface area contributed by atoms with E-state index < -0.39 is 0 Å². The number of aromatic nitrogens is 1. The minimum atomic E-state index is 1.18. The number of nitrogens with zero attached hydrogens (tertiary/aromatic N) is 1. The molecule has 21 heavy (non-hydrogen) atoms. The third-order valence-electron chi connectivity index (χ3n) is 4.28. The lowest BCUT2D eigenvalue weighted by Gasteiger charge is -2.02. The molecule has 1 aromatic heterocycles. The van der Waals surface area contributed by atoms with Crippen LogP contribution in [0.1, 0.15) is 89.5 Å². The van der Waals surface area contributed by atoms with Gasteiger partial charge in [0.2, 0.25) is 0 Å². The molecule has 0 radical (unpaired) electrons. The van der Waals surface area contributed by atoms with Gasteiger partial charge in [0.15, 0.2) is 12.4 Å². The van der Waals surface area contributed by atoms with Crippen LogP contribution in [0.4, 0.5) is 0 Å². The first-order valence-corrected chi connectivity index (χ1v) is 9.28. The van der Waals surface area contributed by atoms with E-state index in [2.05, 4.69) is 42.9 Å². The van der Waals surface area contributed by atoms with E-state index in [9.17, 15) is 0 Å². The number of rotatable bonds is 13. The van der Waals surface area contributed by atoms with Gasteiger partial charge in [-0.2, -0.15) is 0 Å². The second-order valence-corrected chi connectivity index (χ2v) is 6.51. The Balaban J connectivity index is 1.82. The van der Waals surface area contributed by atoms with Crippen molar-refractivity contribution in [2.75, 3.05) is 0 Å². The van der Waals surface area contributed by atoms with Crippen molar-refractivity contribution >= 4 is 0 Å². The maximum absolute atomic E-state index is 2.33. The first kappa shape index (κ1) is 18.2. The Labute approximate surface area is 132 Å². The summed E-state index contributed by atoms with van der Waals surface area (Å²) in [6.07, 6.45) is 21.5. The molecule has 0 spiro atoms. The van der Waals surface area contributed by atoms with Gasteiger partial charge in [0, 0.05) is 18.1 Å². The Bertz CT molecular complexity index is 345. The Morgan fingerprint density at radius 3 is 1.81 bits per heavy atom. The van der Waals surface area contributed by atoms with Crippen LogP contribution in [0.25, 0.3) is 0 Å². The second kappa shape index (κ2) is 12.9. The van der Waals surface area contributed by atoms with Gasteiger partial charge in [-0.05, 0) is 19.4 Å². The van der Waals surface area contributed by atoms with Gasteiger partial charge in [-0.15, -0.1) is 0 Å². The summed E-state index contributed by atoms with van der Waals surface area (Å²) in [5, 5.41) is 0. The van der Waals surface area contributed by atoms with Gasteiger partial charge in [0.1, 0.15) is 6.54 Å². The van der Waals surface area contributed by atoms with E-state index in [1.807, 2.05) is 0 Å². The highest BCUT2D eigenvalue weighted by Gasteiger charge is 1.99. The maximum Gasteiger partial charge on any atom is 0.171 e. The molecule has 1 heterocycles. The first-order valence-electron chi connectivity index (χ1n) is 9.28. The summed E-state index contributed by atoms with van der Waals surface area (Å²) in [5.41, 5.74) is 1.36. The van der Waals surface area contributed by atoms with Gasteiger partial charge < -0.3 is 0 Å². The van der Waals surface area contributed by atoms with E-state index in [-0.39, 0.29) is 0 Å². The van der Waals surface area contributed by atoms with Crippen LogP contribution in [0.15, 0.2) is 24.5 Å². The molecule has 120 valence electrons.